The second kappa shape index (κ2) is 8.12. The van der Waals surface area contributed by atoms with Crippen LogP contribution in [-0.4, -0.2) is 31.0 Å². The first-order chi connectivity index (χ1) is 3.71. The molecular formula is CH2Cs2O6S2. The minimum Gasteiger partial charge on any atom is -0.747 e. The van der Waals surface area contributed by atoms with E-state index in [4.69, 9.17) is 0 Å². The van der Waals surface area contributed by atoms with Gasteiger partial charge in [-0.05, 0) is 0 Å². The second-order valence-corrected chi connectivity index (χ2v) is 4.41. The van der Waals surface area contributed by atoms with Crippen LogP contribution in [0.2, 0.25) is 0 Å². The van der Waals surface area contributed by atoms with Gasteiger partial charge in [0.2, 0.25) is 0 Å². The molecule has 0 unspecified atom stereocenters. The molecule has 0 rings (SSSR count). The molecular weight excluding hydrogens is 438 g/mol. The van der Waals surface area contributed by atoms with Crippen LogP contribution in [0.25, 0.3) is 0 Å². The van der Waals surface area contributed by atoms with E-state index in [9.17, 15) is 25.9 Å². The first-order valence-corrected chi connectivity index (χ1v) is 4.73. The maximum Gasteiger partial charge on any atom is 1.00 e. The molecule has 0 fully saturated rings. The van der Waals surface area contributed by atoms with Crippen LogP contribution in [0.4, 0.5) is 0 Å². The summed E-state index contributed by atoms with van der Waals surface area (Å²) in [6.45, 7) is 0. The van der Waals surface area contributed by atoms with Crippen LogP contribution in [-0.2, 0) is 20.2 Å². The largest absolute Gasteiger partial charge is 1.00 e. The molecule has 0 bridgehead atoms. The summed E-state index contributed by atoms with van der Waals surface area (Å²) >= 11 is 0. The molecule has 0 heterocycles. The van der Waals surface area contributed by atoms with Gasteiger partial charge in [-0.25, -0.2) is 16.8 Å². The minimum atomic E-state index is -4.93. The standard InChI is InChI=1S/CH4O6S2.2Cs/c2-8(3,4)1-9(5,6)7;;/h1H2,(H,2,3,4)(H,5,6,7);;/q;2*+1/p-2. The quantitative estimate of drug-likeness (QED) is 0.395. The molecule has 0 saturated heterocycles. The maximum absolute atomic E-state index is 9.51. The van der Waals surface area contributed by atoms with E-state index >= 15 is 0 Å². The fourth-order valence-corrected chi connectivity index (χ4v) is 1.59. The molecule has 0 saturated carbocycles. The van der Waals surface area contributed by atoms with E-state index in [1.165, 1.54) is 0 Å². The van der Waals surface area contributed by atoms with E-state index in [0.29, 0.717) is 0 Å². The summed E-state index contributed by atoms with van der Waals surface area (Å²) in [6.07, 6.45) is 0. The molecule has 0 aliphatic heterocycles. The molecule has 10 heteroatoms. The van der Waals surface area contributed by atoms with Crippen molar-refractivity contribution in [3.63, 3.8) is 0 Å². The summed E-state index contributed by atoms with van der Waals surface area (Å²) in [6, 6.07) is 0. The van der Waals surface area contributed by atoms with Crippen molar-refractivity contribution in [1.82, 2.24) is 0 Å². The second-order valence-electron chi connectivity index (χ2n) is 1.23. The van der Waals surface area contributed by atoms with Crippen molar-refractivity contribution in [3.05, 3.63) is 0 Å². The molecule has 6 nitrogen and oxygen atoms in total. The Hall–Kier alpha value is 3.92. The third-order valence-corrected chi connectivity index (χ3v) is 2.60. The number of hydrogen-bond donors (Lipinski definition) is 0. The molecule has 0 radical (unpaired) electrons. The van der Waals surface area contributed by atoms with Gasteiger partial charge in [-0.2, -0.15) is 0 Å². The summed E-state index contributed by atoms with van der Waals surface area (Å²) in [4.78, 5) is 0. The zero-order valence-electron chi connectivity index (χ0n) is 5.97. The van der Waals surface area contributed by atoms with E-state index in [0.717, 1.165) is 0 Å². The molecule has 0 spiro atoms. The summed E-state index contributed by atoms with van der Waals surface area (Å²) < 4.78 is 57.1. The predicted octanol–water partition coefficient (Wildman–Crippen LogP) is -7.96. The topological polar surface area (TPSA) is 114 Å². The normalized spacial score (nSPS) is 11.1. The molecule has 0 N–H and O–H groups in total. The molecule has 0 aromatic heterocycles. The Morgan fingerprint density at radius 3 is 1.00 bits per heavy atom. The molecule has 0 aromatic rings. The van der Waals surface area contributed by atoms with Gasteiger partial charge in [-0.3, -0.25) is 0 Å². The summed E-state index contributed by atoms with van der Waals surface area (Å²) in [5, 5.41) is -1.88. The van der Waals surface area contributed by atoms with Crippen LogP contribution in [0.3, 0.4) is 0 Å². The van der Waals surface area contributed by atoms with E-state index < -0.39 is 25.3 Å². The van der Waals surface area contributed by atoms with Gasteiger partial charge in [0.05, 0.1) is 0 Å². The summed E-state index contributed by atoms with van der Waals surface area (Å²) in [5.41, 5.74) is 0. The Morgan fingerprint density at radius 1 is 0.818 bits per heavy atom. The van der Waals surface area contributed by atoms with Crippen LogP contribution in [0.15, 0.2) is 0 Å². The Kier molecular flexibility index (Phi) is 15.0. The van der Waals surface area contributed by atoms with E-state index in [2.05, 4.69) is 0 Å². The Labute approximate surface area is 183 Å². The monoisotopic (exact) mass is 440 g/mol. The average molecular weight is 440 g/mol. The Morgan fingerprint density at radius 2 is 1.00 bits per heavy atom. The van der Waals surface area contributed by atoms with Gasteiger partial charge in [-0.1, -0.05) is 0 Å². The number of hydrogen-bond acceptors (Lipinski definition) is 6. The third-order valence-electron chi connectivity index (χ3n) is 0.289. The Bertz CT molecular complexity index is 244. The molecule has 56 valence electrons. The van der Waals surface area contributed by atoms with Gasteiger partial charge in [0.25, 0.3) is 0 Å². The van der Waals surface area contributed by atoms with E-state index in [-0.39, 0.29) is 138 Å². The minimum absolute atomic E-state index is 0. The smallest absolute Gasteiger partial charge is 0.747 e. The van der Waals surface area contributed by atoms with Gasteiger partial charge in [-0.15, -0.1) is 0 Å². The molecule has 0 atom stereocenters. The van der Waals surface area contributed by atoms with Crippen molar-refractivity contribution in [3.8, 4) is 0 Å². The van der Waals surface area contributed by atoms with Crippen LogP contribution in [0.1, 0.15) is 0 Å². The van der Waals surface area contributed by atoms with Crippen molar-refractivity contribution >= 4 is 20.2 Å². The van der Waals surface area contributed by atoms with Gasteiger partial charge in [0.15, 0.2) is 0 Å². The zero-order valence-corrected chi connectivity index (χ0v) is 20.2. The van der Waals surface area contributed by atoms with Gasteiger partial charge >= 0.3 is 138 Å². The van der Waals surface area contributed by atoms with Gasteiger partial charge in [0, 0.05) is 0 Å². The fourth-order valence-electron chi connectivity index (χ4n) is 0.177. The summed E-state index contributed by atoms with van der Waals surface area (Å²) in [7, 11) is -9.86. The van der Waals surface area contributed by atoms with Crippen molar-refractivity contribution in [2.24, 2.45) is 0 Å². The molecule has 0 aromatic carbocycles. The van der Waals surface area contributed by atoms with Crippen LogP contribution >= 0.6 is 0 Å². The SMILES string of the molecule is O=S(=O)([O-])CS(=O)(=O)[O-].[Cs+].[Cs+]. The molecule has 0 aliphatic rings. The van der Waals surface area contributed by atoms with Crippen LogP contribution in [0.5, 0.6) is 0 Å². The molecule has 11 heavy (non-hydrogen) atoms. The van der Waals surface area contributed by atoms with Crippen molar-refractivity contribution in [2.45, 2.75) is 0 Å². The fraction of sp³-hybridized carbons (Fsp3) is 1.00. The first kappa shape index (κ1) is 20.4. The number of rotatable bonds is 2. The maximum atomic E-state index is 9.51. The third kappa shape index (κ3) is 20.1. The first-order valence-electron chi connectivity index (χ1n) is 1.58. The van der Waals surface area contributed by atoms with Crippen molar-refractivity contribution in [1.29, 1.82) is 0 Å². The van der Waals surface area contributed by atoms with Gasteiger partial charge in [0.1, 0.15) is 25.3 Å². The Balaban J connectivity index is -0.000000320. The van der Waals surface area contributed by atoms with E-state index in [1.807, 2.05) is 0 Å². The average Bonchev–Trinajstić information content (AvgIpc) is 1.14. The predicted molar refractivity (Wildman–Crippen MR) is 24.3 cm³/mol. The van der Waals surface area contributed by atoms with Crippen LogP contribution in [0, 0.1) is 0 Å². The summed E-state index contributed by atoms with van der Waals surface area (Å²) in [5.74, 6) is 0. The van der Waals surface area contributed by atoms with Crippen molar-refractivity contribution < 1.29 is 164 Å². The van der Waals surface area contributed by atoms with E-state index in [1.54, 1.807) is 0 Å². The van der Waals surface area contributed by atoms with Gasteiger partial charge < -0.3 is 9.11 Å². The van der Waals surface area contributed by atoms with Crippen molar-refractivity contribution in [2.75, 3.05) is 5.08 Å². The zero-order chi connectivity index (χ0) is 7.71. The molecule has 0 aliphatic carbocycles. The molecule has 0 amide bonds. The van der Waals surface area contributed by atoms with Crippen LogP contribution < -0.4 is 138 Å².